The summed E-state index contributed by atoms with van der Waals surface area (Å²) in [5.41, 5.74) is 2.92. The molecule has 2 aliphatic rings. The van der Waals surface area contributed by atoms with Gasteiger partial charge in [0.1, 0.15) is 11.3 Å². The van der Waals surface area contributed by atoms with Crippen LogP contribution in [0.1, 0.15) is 57.7 Å². The molecule has 2 heterocycles. The molecule has 0 saturated carbocycles. The van der Waals surface area contributed by atoms with Crippen molar-refractivity contribution in [3.8, 4) is 5.75 Å². The molecule has 3 aromatic rings. The van der Waals surface area contributed by atoms with Crippen LogP contribution in [0, 0.1) is 23.0 Å². The Labute approximate surface area is 230 Å². The lowest BCUT2D eigenvalue weighted by Crippen LogP contribution is -2.30. The van der Waals surface area contributed by atoms with Crippen molar-refractivity contribution in [3.05, 3.63) is 92.5 Å². The van der Waals surface area contributed by atoms with Crippen molar-refractivity contribution in [1.29, 1.82) is 0 Å². The first kappa shape index (κ1) is 26.7. The van der Waals surface area contributed by atoms with Crippen LogP contribution in [0.25, 0.3) is 0 Å². The van der Waals surface area contributed by atoms with Crippen LogP contribution in [0.3, 0.4) is 0 Å². The van der Waals surface area contributed by atoms with Gasteiger partial charge in [0.05, 0.1) is 22.1 Å². The van der Waals surface area contributed by atoms with Crippen LogP contribution >= 0.6 is 0 Å². The number of hydrogen-bond donors (Lipinski definition) is 0. The molecule has 0 bridgehead atoms. The van der Waals surface area contributed by atoms with Gasteiger partial charge in [0.25, 0.3) is 17.5 Å². The van der Waals surface area contributed by atoms with E-state index >= 15 is 0 Å². The summed E-state index contributed by atoms with van der Waals surface area (Å²) in [6.07, 6.45) is 1.55. The van der Waals surface area contributed by atoms with Crippen molar-refractivity contribution in [1.82, 2.24) is 0 Å². The van der Waals surface area contributed by atoms with E-state index in [4.69, 9.17) is 4.74 Å². The van der Waals surface area contributed by atoms with E-state index < -0.39 is 34.3 Å². The Morgan fingerprint density at radius 1 is 1.00 bits per heavy atom. The molecule has 40 heavy (non-hydrogen) atoms. The molecule has 1 saturated heterocycles. The average molecular weight is 542 g/mol. The van der Waals surface area contributed by atoms with Crippen LogP contribution in [-0.4, -0.2) is 35.2 Å². The van der Waals surface area contributed by atoms with E-state index in [9.17, 15) is 29.3 Å². The average Bonchev–Trinajstić information content (AvgIpc) is 3.45. The quantitative estimate of drug-likeness (QED) is 0.138. The minimum atomic E-state index is -0.788. The second kappa shape index (κ2) is 10.4. The van der Waals surface area contributed by atoms with Gasteiger partial charge in [-0.15, -0.1) is 0 Å². The molecule has 1 atom stereocenters. The van der Waals surface area contributed by atoms with Gasteiger partial charge in [0.15, 0.2) is 0 Å². The summed E-state index contributed by atoms with van der Waals surface area (Å²) in [5, 5.41) is 11.4. The van der Waals surface area contributed by atoms with Gasteiger partial charge in [-0.3, -0.25) is 29.3 Å². The van der Waals surface area contributed by atoms with Gasteiger partial charge in [-0.2, -0.15) is 0 Å². The molecule has 0 unspecified atom stereocenters. The first-order valence-corrected chi connectivity index (χ1v) is 13.1. The number of para-hydroxylation sites is 1. The molecule has 10 heteroatoms. The number of nitro groups is 1. The number of hydrogen-bond acceptors (Lipinski definition) is 7. The molecule has 0 aromatic heterocycles. The number of aryl methyl sites for hydroxylation is 3. The summed E-state index contributed by atoms with van der Waals surface area (Å²) in [5.74, 6) is -2.60. The molecule has 0 spiro atoms. The molecule has 204 valence electrons. The van der Waals surface area contributed by atoms with Crippen LogP contribution in [0.2, 0.25) is 0 Å². The topological polar surface area (TPSA) is 127 Å². The van der Waals surface area contributed by atoms with Crippen molar-refractivity contribution in [2.45, 2.75) is 40.0 Å². The third-order valence-corrected chi connectivity index (χ3v) is 7.41. The number of esters is 1. The normalized spacial score (nSPS) is 16.5. The van der Waals surface area contributed by atoms with Crippen LogP contribution in [0.4, 0.5) is 17.1 Å². The molecular formula is C30H27N3O7. The summed E-state index contributed by atoms with van der Waals surface area (Å²) in [7, 11) is 0. The minimum absolute atomic E-state index is 0.0327. The zero-order valence-electron chi connectivity index (χ0n) is 22.3. The fourth-order valence-electron chi connectivity index (χ4n) is 5.42. The Bertz CT molecular complexity index is 1570. The number of amides is 3. The number of imide groups is 1. The highest BCUT2D eigenvalue weighted by Crippen LogP contribution is 2.37. The molecule has 3 aromatic carbocycles. The lowest BCUT2D eigenvalue weighted by molar-refractivity contribution is -0.385. The summed E-state index contributed by atoms with van der Waals surface area (Å²) < 4.78 is 5.61. The molecule has 0 N–H and O–H groups in total. The number of ether oxygens (including phenoxy) is 1. The summed E-state index contributed by atoms with van der Waals surface area (Å²) in [6.45, 7) is 5.91. The maximum absolute atomic E-state index is 13.1. The Morgan fingerprint density at radius 2 is 1.68 bits per heavy atom. The van der Waals surface area contributed by atoms with E-state index in [2.05, 4.69) is 0 Å². The SMILES string of the molecule is CCc1cccc(CC)c1N1C[C@@H](C(=O)Oc2ccc(N3C(=O)c4cccc([N+](=O)[O-])c4C3=O)c(C)c2)CC1=O. The molecule has 1 fully saturated rings. The smallest absolute Gasteiger partial charge is 0.316 e. The lowest BCUT2D eigenvalue weighted by atomic mass is 10.0. The number of fused-ring (bicyclic) bond motifs is 1. The van der Waals surface area contributed by atoms with Crippen molar-refractivity contribution in [2.24, 2.45) is 5.92 Å². The summed E-state index contributed by atoms with van der Waals surface area (Å²) >= 11 is 0. The molecule has 0 aliphatic carbocycles. The van der Waals surface area contributed by atoms with Crippen molar-refractivity contribution >= 4 is 40.8 Å². The van der Waals surface area contributed by atoms with E-state index in [1.807, 2.05) is 32.0 Å². The van der Waals surface area contributed by atoms with Crippen LogP contribution < -0.4 is 14.5 Å². The van der Waals surface area contributed by atoms with Crippen molar-refractivity contribution < 1.29 is 28.8 Å². The van der Waals surface area contributed by atoms with Crippen molar-refractivity contribution in [3.63, 3.8) is 0 Å². The molecule has 5 rings (SSSR count). The fraction of sp³-hybridized carbons (Fsp3) is 0.267. The summed E-state index contributed by atoms with van der Waals surface area (Å²) in [4.78, 5) is 65.4. The van der Waals surface area contributed by atoms with Gasteiger partial charge >= 0.3 is 5.97 Å². The Morgan fingerprint density at radius 3 is 2.30 bits per heavy atom. The zero-order chi connectivity index (χ0) is 28.7. The number of carbonyl (C=O) groups is 4. The molecule has 3 amide bonds. The van der Waals surface area contributed by atoms with E-state index in [-0.39, 0.29) is 41.4 Å². The van der Waals surface area contributed by atoms with Crippen LogP contribution in [-0.2, 0) is 22.4 Å². The number of nitrogens with zero attached hydrogens (tertiary/aromatic N) is 3. The number of carbonyl (C=O) groups excluding carboxylic acids is 4. The number of rotatable bonds is 7. The second-order valence-corrected chi connectivity index (χ2v) is 9.81. The fourth-order valence-corrected chi connectivity index (χ4v) is 5.42. The van der Waals surface area contributed by atoms with Gasteiger partial charge in [-0.25, -0.2) is 4.90 Å². The Balaban J connectivity index is 1.34. The van der Waals surface area contributed by atoms with E-state index in [0.717, 1.165) is 34.6 Å². The predicted octanol–water partition coefficient (Wildman–Crippen LogP) is 4.79. The van der Waals surface area contributed by atoms with Gasteiger partial charge in [-0.1, -0.05) is 38.1 Å². The third kappa shape index (κ3) is 4.41. The zero-order valence-corrected chi connectivity index (χ0v) is 22.3. The van der Waals surface area contributed by atoms with Gasteiger partial charge in [0, 0.05) is 24.7 Å². The highest BCUT2D eigenvalue weighted by Gasteiger charge is 2.42. The maximum atomic E-state index is 13.1. The lowest BCUT2D eigenvalue weighted by Gasteiger charge is -2.23. The highest BCUT2D eigenvalue weighted by atomic mass is 16.6. The standard InChI is InChI=1S/C30H27N3O7/c1-4-18-8-6-9-19(5-2)27(18)31-16-20(15-25(31)34)30(37)40-21-12-13-23(17(3)14-21)32-28(35)22-10-7-11-24(33(38)39)26(22)29(32)36/h6-14,20H,4-5,15-16H2,1-3H3/t20-/m0/s1. The predicted molar refractivity (Wildman–Crippen MR) is 147 cm³/mol. The first-order chi connectivity index (χ1) is 19.2. The third-order valence-electron chi connectivity index (χ3n) is 7.41. The van der Waals surface area contributed by atoms with Crippen LogP contribution in [0.15, 0.2) is 54.6 Å². The monoisotopic (exact) mass is 541 g/mol. The number of anilines is 2. The Kier molecular flexibility index (Phi) is 6.93. The van der Waals surface area contributed by atoms with Gasteiger partial charge in [-0.05, 0) is 60.7 Å². The first-order valence-electron chi connectivity index (χ1n) is 13.1. The highest BCUT2D eigenvalue weighted by molar-refractivity contribution is 6.35. The largest absolute Gasteiger partial charge is 0.426 e. The molecule has 0 radical (unpaired) electrons. The van der Waals surface area contributed by atoms with E-state index in [0.29, 0.717) is 5.56 Å². The van der Waals surface area contributed by atoms with Crippen molar-refractivity contribution in [2.75, 3.05) is 16.3 Å². The van der Waals surface area contributed by atoms with E-state index in [1.165, 1.54) is 36.4 Å². The minimum Gasteiger partial charge on any atom is -0.426 e. The van der Waals surface area contributed by atoms with Gasteiger partial charge in [0.2, 0.25) is 5.91 Å². The molecular weight excluding hydrogens is 514 g/mol. The second-order valence-electron chi connectivity index (χ2n) is 9.81. The van der Waals surface area contributed by atoms with E-state index in [1.54, 1.807) is 11.8 Å². The van der Waals surface area contributed by atoms with Gasteiger partial charge < -0.3 is 9.64 Å². The molecule has 2 aliphatic heterocycles. The Hall–Kier alpha value is -4.86. The summed E-state index contributed by atoms with van der Waals surface area (Å²) in [6, 6.07) is 14.3. The number of benzene rings is 3. The number of nitro benzene ring substituents is 1. The maximum Gasteiger partial charge on any atom is 0.316 e. The molecule has 10 nitrogen and oxygen atoms in total. The van der Waals surface area contributed by atoms with Crippen LogP contribution in [0.5, 0.6) is 5.75 Å².